The van der Waals surface area contributed by atoms with Gasteiger partial charge in [0, 0.05) is 26.9 Å². The minimum absolute atomic E-state index is 0.705. The van der Waals surface area contributed by atoms with Crippen LogP contribution in [0.4, 0.5) is 0 Å². The fraction of sp³-hybridized carbons (Fsp3) is 1.00. The number of hydrogen-bond acceptors (Lipinski definition) is 3. The van der Waals surface area contributed by atoms with E-state index in [2.05, 4.69) is 19.2 Å². The van der Waals surface area contributed by atoms with Crippen molar-refractivity contribution in [2.75, 3.05) is 40.0 Å². The smallest absolute Gasteiger partial charge is 0.0587 e. The average Bonchev–Trinajstić information content (AvgIpc) is 2.22. The Balaban J connectivity index is 2.98. The molecule has 0 heterocycles. The Morgan fingerprint density at radius 2 is 2.00 bits per heavy atom. The van der Waals surface area contributed by atoms with Crippen molar-refractivity contribution < 1.29 is 9.47 Å². The highest BCUT2D eigenvalue weighted by molar-refractivity contribution is 4.50. The first-order chi connectivity index (χ1) is 7.31. The first kappa shape index (κ1) is 14.9. The molecule has 1 unspecified atom stereocenters. The molecule has 0 spiro atoms. The summed E-state index contributed by atoms with van der Waals surface area (Å²) in [6, 6.07) is 0. The zero-order chi connectivity index (χ0) is 11.4. The van der Waals surface area contributed by atoms with E-state index in [1.54, 1.807) is 7.11 Å². The molecule has 0 aromatic carbocycles. The van der Waals surface area contributed by atoms with Crippen LogP contribution in [0.3, 0.4) is 0 Å². The minimum atomic E-state index is 0.705. The summed E-state index contributed by atoms with van der Waals surface area (Å²) in [7, 11) is 1.72. The largest absolute Gasteiger partial charge is 0.383 e. The molecule has 0 saturated carbocycles. The first-order valence-electron chi connectivity index (χ1n) is 6.08. The molecule has 0 bridgehead atoms. The summed E-state index contributed by atoms with van der Waals surface area (Å²) < 4.78 is 10.5. The van der Waals surface area contributed by atoms with Crippen LogP contribution in [0.25, 0.3) is 0 Å². The van der Waals surface area contributed by atoms with Gasteiger partial charge in [0.05, 0.1) is 6.61 Å². The average molecular weight is 217 g/mol. The zero-order valence-corrected chi connectivity index (χ0v) is 10.6. The van der Waals surface area contributed by atoms with E-state index >= 15 is 0 Å². The molecule has 0 aromatic rings. The first-order valence-corrected chi connectivity index (χ1v) is 6.08. The van der Waals surface area contributed by atoms with Gasteiger partial charge in [0.1, 0.15) is 0 Å². The van der Waals surface area contributed by atoms with Gasteiger partial charge in [-0.3, -0.25) is 0 Å². The Bertz CT molecular complexity index is 120. The van der Waals surface area contributed by atoms with E-state index in [4.69, 9.17) is 9.47 Å². The van der Waals surface area contributed by atoms with Gasteiger partial charge in [-0.15, -0.1) is 0 Å². The van der Waals surface area contributed by atoms with Crippen molar-refractivity contribution >= 4 is 0 Å². The Hall–Kier alpha value is -0.120. The van der Waals surface area contributed by atoms with Gasteiger partial charge in [-0.2, -0.15) is 0 Å². The Labute approximate surface area is 94.5 Å². The van der Waals surface area contributed by atoms with Gasteiger partial charge in [-0.25, -0.2) is 0 Å². The third-order valence-electron chi connectivity index (χ3n) is 2.31. The lowest BCUT2D eigenvalue weighted by atomic mass is 10.1. The van der Waals surface area contributed by atoms with E-state index in [-0.39, 0.29) is 0 Å². The second-order valence-corrected chi connectivity index (χ2v) is 4.07. The second-order valence-electron chi connectivity index (χ2n) is 4.07. The molecule has 92 valence electrons. The van der Waals surface area contributed by atoms with Crippen molar-refractivity contribution in [2.24, 2.45) is 5.92 Å². The van der Waals surface area contributed by atoms with Gasteiger partial charge in [0.2, 0.25) is 0 Å². The van der Waals surface area contributed by atoms with Crippen molar-refractivity contribution in [2.45, 2.75) is 33.1 Å². The lowest BCUT2D eigenvalue weighted by Gasteiger charge is -2.10. The summed E-state index contributed by atoms with van der Waals surface area (Å²) in [5.74, 6) is 0.705. The number of ether oxygens (including phenoxy) is 2. The summed E-state index contributed by atoms with van der Waals surface area (Å²) in [4.78, 5) is 0. The van der Waals surface area contributed by atoms with Crippen LogP contribution < -0.4 is 5.32 Å². The molecular weight excluding hydrogens is 190 g/mol. The molecule has 0 aliphatic heterocycles. The van der Waals surface area contributed by atoms with Gasteiger partial charge < -0.3 is 14.8 Å². The van der Waals surface area contributed by atoms with Crippen molar-refractivity contribution in [3.05, 3.63) is 0 Å². The highest BCUT2D eigenvalue weighted by Gasteiger charge is 1.99. The quantitative estimate of drug-likeness (QED) is 0.537. The third-order valence-corrected chi connectivity index (χ3v) is 2.31. The summed E-state index contributed by atoms with van der Waals surface area (Å²) in [6.07, 6.45) is 3.61. The van der Waals surface area contributed by atoms with Gasteiger partial charge >= 0.3 is 0 Å². The highest BCUT2D eigenvalue weighted by Crippen LogP contribution is 2.04. The molecule has 1 N–H and O–H groups in total. The molecule has 0 saturated heterocycles. The van der Waals surface area contributed by atoms with Crippen LogP contribution in [0.5, 0.6) is 0 Å². The van der Waals surface area contributed by atoms with Crippen LogP contribution >= 0.6 is 0 Å². The highest BCUT2D eigenvalue weighted by atomic mass is 16.5. The van der Waals surface area contributed by atoms with Gasteiger partial charge in [-0.1, -0.05) is 20.3 Å². The molecule has 0 aliphatic rings. The second kappa shape index (κ2) is 12.0. The van der Waals surface area contributed by atoms with E-state index in [0.717, 1.165) is 39.3 Å². The van der Waals surface area contributed by atoms with E-state index in [9.17, 15) is 0 Å². The topological polar surface area (TPSA) is 30.5 Å². The summed E-state index contributed by atoms with van der Waals surface area (Å²) in [5, 5.41) is 3.29. The van der Waals surface area contributed by atoms with Crippen molar-refractivity contribution in [1.82, 2.24) is 5.32 Å². The molecule has 0 rings (SSSR count). The van der Waals surface area contributed by atoms with Crippen LogP contribution in [-0.4, -0.2) is 40.0 Å². The van der Waals surface area contributed by atoms with E-state index in [0.29, 0.717) is 5.92 Å². The predicted octanol–water partition coefficient (Wildman–Crippen LogP) is 2.07. The van der Waals surface area contributed by atoms with Crippen LogP contribution in [0.15, 0.2) is 0 Å². The SMILES string of the molecule is CCCC(C)COCCCNCCOC. The summed E-state index contributed by atoms with van der Waals surface area (Å²) in [5.41, 5.74) is 0. The van der Waals surface area contributed by atoms with Crippen molar-refractivity contribution in [3.8, 4) is 0 Å². The zero-order valence-electron chi connectivity index (χ0n) is 10.6. The predicted molar refractivity (Wildman–Crippen MR) is 64.3 cm³/mol. The molecule has 0 aromatic heterocycles. The Morgan fingerprint density at radius 1 is 1.20 bits per heavy atom. The lowest BCUT2D eigenvalue weighted by molar-refractivity contribution is 0.0993. The van der Waals surface area contributed by atoms with Crippen LogP contribution in [0.1, 0.15) is 33.1 Å². The van der Waals surface area contributed by atoms with E-state index < -0.39 is 0 Å². The molecule has 0 aliphatic carbocycles. The van der Waals surface area contributed by atoms with Gasteiger partial charge in [0.25, 0.3) is 0 Å². The van der Waals surface area contributed by atoms with Crippen molar-refractivity contribution in [1.29, 1.82) is 0 Å². The molecule has 3 heteroatoms. The summed E-state index contributed by atoms with van der Waals surface area (Å²) in [6.45, 7) is 8.99. The Kier molecular flexibility index (Phi) is 11.9. The standard InChI is InChI=1S/C12H27NO2/c1-4-6-12(2)11-15-9-5-7-13-8-10-14-3/h12-13H,4-11H2,1-3H3. The normalized spacial score (nSPS) is 13.0. The van der Waals surface area contributed by atoms with E-state index in [1.807, 2.05) is 0 Å². The van der Waals surface area contributed by atoms with Gasteiger partial charge in [-0.05, 0) is 25.3 Å². The van der Waals surface area contributed by atoms with E-state index in [1.165, 1.54) is 12.8 Å². The minimum Gasteiger partial charge on any atom is -0.383 e. The molecular formula is C12H27NO2. The number of nitrogens with one attached hydrogen (secondary N) is 1. The van der Waals surface area contributed by atoms with Crippen LogP contribution in [0.2, 0.25) is 0 Å². The molecule has 1 atom stereocenters. The lowest BCUT2D eigenvalue weighted by Crippen LogP contribution is -2.21. The maximum Gasteiger partial charge on any atom is 0.0587 e. The molecule has 0 fully saturated rings. The molecule has 3 nitrogen and oxygen atoms in total. The maximum absolute atomic E-state index is 5.58. The summed E-state index contributed by atoms with van der Waals surface area (Å²) >= 11 is 0. The number of hydrogen-bond donors (Lipinski definition) is 1. The Morgan fingerprint density at radius 3 is 2.67 bits per heavy atom. The van der Waals surface area contributed by atoms with Crippen LogP contribution in [-0.2, 0) is 9.47 Å². The number of rotatable bonds is 11. The third kappa shape index (κ3) is 11.8. The molecule has 0 amide bonds. The monoisotopic (exact) mass is 217 g/mol. The van der Waals surface area contributed by atoms with Gasteiger partial charge in [0.15, 0.2) is 0 Å². The maximum atomic E-state index is 5.58. The fourth-order valence-corrected chi connectivity index (χ4v) is 1.46. The van der Waals surface area contributed by atoms with Crippen molar-refractivity contribution in [3.63, 3.8) is 0 Å². The fourth-order valence-electron chi connectivity index (χ4n) is 1.46. The number of methoxy groups -OCH3 is 1. The molecule has 0 radical (unpaired) electrons. The molecule has 15 heavy (non-hydrogen) atoms. The van der Waals surface area contributed by atoms with Crippen LogP contribution in [0, 0.1) is 5.92 Å².